The molecule has 0 atom stereocenters. The molecule has 27 heavy (non-hydrogen) atoms. The average Bonchev–Trinajstić information content (AvgIpc) is 2.67. The van der Waals surface area contributed by atoms with E-state index >= 15 is 0 Å². The highest BCUT2D eigenvalue weighted by molar-refractivity contribution is 5.80. The third kappa shape index (κ3) is 7.33. The van der Waals surface area contributed by atoms with Crippen molar-refractivity contribution in [3.63, 3.8) is 0 Å². The zero-order valence-corrected chi connectivity index (χ0v) is 17.1. The van der Waals surface area contributed by atoms with Gasteiger partial charge in [0.25, 0.3) is 0 Å². The van der Waals surface area contributed by atoms with E-state index in [0.29, 0.717) is 13.0 Å². The highest BCUT2D eigenvalue weighted by Crippen LogP contribution is 2.14. The summed E-state index contributed by atoms with van der Waals surface area (Å²) in [5, 5.41) is 3.17. The first-order valence-electron chi connectivity index (χ1n) is 10.3. The lowest BCUT2D eigenvalue weighted by Gasteiger charge is -2.32. The van der Waals surface area contributed by atoms with E-state index in [4.69, 9.17) is 0 Å². The van der Waals surface area contributed by atoms with E-state index in [9.17, 15) is 9.59 Å². The Kier molecular flexibility index (Phi) is 8.79. The van der Waals surface area contributed by atoms with Crippen LogP contribution >= 0.6 is 0 Å². The fourth-order valence-electron chi connectivity index (χ4n) is 3.58. The van der Waals surface area contributed by atoms with E-state index in [-0.39, 0.29) is 23.8 Å². The zero-order chi connectivity index (χ0) is 19.6. The number of benzene rings is 1. The summed E-state index contributed by atoms with van der Waals surface area (Å²) in [5.41, 5.74) is 1.34. The number of nitrogens with zero attached hydrogens (tertiary/aromatic N) is 2. The number of hydrogen-bond donors (Lipinski definition) is 1. The number of likely N-dealkylation sites (tertiary alicyclic amines) is 1. The maximum absolute atomic E-state index is 12.3. The Labute approximate surface area is 164 Å². The van der Waals surface area contributed by atoms with Crippen LogP contribution in [0, 0.1) is 5.92 Å². The van der Waals surface area contributed by atoms with E-state index in [0.717, 1.165) is 45.4 Å². The molecule has 0 aliphatic carbocycles. The molecule has 1 N–H and O–H groups in total. The van der Waals surface area contributed by atoms with Crippen LogP contribution in [0.1, 0.15) is 52.0 Å². The maximum Gasteiger partial charge on any atom is 0.225 e. The Morgan fingerprint density at radius 2 is 1.81 bits per heavy atom. The molecule has 2 rings (SSSR count). The number of nitrogens with one attached hydrogen (secondary N) is 1. The molecule has 0 unspecified atom stereocenters. The molecule has 150 valence electrons. The van der Waals surface area contributed by atoms with E-state index in [1.165, 1.54) is 5.56 Å². The molecule has 0 radical (unpaired) electrons. The normalized spacial score (nSPS) is 15.7. The monoisotopic (exact) mass is 373 g/mol. The Morgan fingerprint density at radius 1 is 1.15 bits per heavy atom. The largest absolute Gasteiger partial charge is 0.353 e. The second kappa shape index (κ2) is 11.1. The van der Waals surface area contributed by atoms with E-state index in [2.05, 4.69) is 41.4 Å². The van der Waals surface area contributed by atoms with Crippen LogP contribution in [-0.4, -0.2) is 53.8 Å². The van der Waals surface area contributed by atoms with Crippen LogP contribution in [-0.2, 0) is 16.1 Å². The van der Waals surface area contributed by atoms with E-state index < -0.39 is 0 Å². The molecule has 1 saturated heterocycles. The molecule has 0 aromatic heterocycles. The van der Waals surface area contributed by atoms with Gasteiger partial charge in [0.1, 0.15) is 0 Å². The fraction of sp³-hybridized carbons (Fsp3) is 0.636. The van der Waals surface area contributed by atoms with Crippen molar-refractivity contribution in [1.29, 1.82) is 0 Å². The number of piperidine rings is 1. The highest BCUT2D eigenvalue weighted by Gasteiger charge is 2.22. The van der Waals surface area contributed by atoms with Crippen molar-refractivity contribution in [3.8, 4) is 0 Å². The van der Waals surface area contributed by atoms with Gasteiger partial charge in [-0.15, -0.1) is 0 Å². The molecule has 0 spiro atoms. The lowest BCUT2D eigenvalue weighted by atomic mass is 10.0. The lowest BCUT2D eigenvalue weighted by molar-refractivity contribution is -0.135. The second-order valence-electron chi connectivity index (χ2n) is 7.83. The van der Waals surface area contributed by atoms with Crippen molar-refractivity contribution < 1.29 is 9.59 Å². The van der Waals surface area contributed by atoms with Crippen molar-refractivity contribution in [1.82, 2.24) is 15.1 Å². The fourth-order valence-corrected chi connectivity index (χ4v) is 3.58. The molecular formula is C22H35N3O2. The van der Waals surface area contributed by atoms with Gasteiger partial charge in [0.05, 0.1) is 0 Å². The van der Waals surface area contributed by atoms with Crippen LogP contribution in [0.4, 0.5) is 0 Å². The first-order valence-corrected chi connectivity index (χ1v) is 10.3. The first-order chi connectivity index (χ1) is 13.0. The molecular weight excluding hydrogens is 338 g/mol. The summed E-state index contributed by atoms with van der Waals surface area (Å²) in [6.07, 6.45) is 3.28. The highest BCUT2D eigenvalue weighted by atomic mass is 16.2. The van der Waals surface area contributed by atoms with Crippen LogP contribution in [0.5, 0.6) is 0 Å². The number of rotatable bonds is 9. The summed E-state index contributed by atoms with van der Waals surface area (Å²) in [7, 11) is 0. The number of carbonyl (C=O) groups excluding carboxylic acids is 2. The first kappa shape index (κ1) is 21.4. The minimum atomic E-state index is -0.0199. The molecule has 0 saturated carbocycles. The second-order valence-corrected chi connectivity index (χ2v) is 7.83. The van der Waals surface area contributed by atoms with Gasteiger partial charge in [-0.1, -0.05) is 51.1 Å². The van der Waals surface area contributed by atoms with E-state index in [1.54, 1.807) is 0 Å². The van der Waals surface area contributed by atoms with Crippen molar-refractivity contribution in [2.45, 2.75) is 59.0 Å². The van der Waals surface area contributed by atoms with Gasteiger partial charge in [-0.3, -0.25) is 14.5 Å². The van der Waals surface area contributed by atoms with Crippen LogP contribution in [0.15, 0.2) is 30.3 Å². The van der Waals surface area contributed by atoms with Gasteiger partial charge in [-0.05, 0) is 24.8 Å². The Morgan fingerprint density at radius 3 is 2.41 bits per heavy atom. The van der Waals surface area contributed by atoms with Gasteiger partial charge in [0.2, 0.25) is 11.8 Å². The summed E-state index contributed by atoms with van der Waals surface area (Å²) in [6.45, 7) is 10.1. The topological polar surface area (TPSA) is 52.7 Å². The number of carbonyl (C=O) groups is 2. The Hall–Kier alpha value is -1.88. The zero-order valence-electron chi connectivity index (χ0n) is 17.1. The molecule has 1 aliphatic rings. The minimum Gasteiger partial charge on any atom is -0.353 e. The Bertz CT molecular complexity index is 580. The smallest absolute Gasteiger partial charge is 0.225 e. The summed E-state index contributed by atoms with van der Waals surface area (Å²) in [5.74, 6) is 0.182. The van der Waals surface area contributed by atoms with Crippen LogP contribution in [0.25, 0.3) is 0 Å². The predicted molar refractivity (Wildman–Crippen MR) is 109 cm³/mol. The molecule has 5 heteroatoms. The lowest BCUT2D eigenvalue weighted by Crippen LogP contribution is -2.45. The molecule has 1 aromatic carbocycles. The standard InChI is InChI=1S/C22H35N3O2/c1-4-13-25(22(27)18(2)3)16-12-21(26)23-20-10-14-24(15-11-20)17-19-8-6-5-7-9-19/h5-9,18,20H,4,10-17H2,1-3H3,(H,23,26). The van der Waals surface area contributed by atoms with Gasteiger partial charge in [-0.25, -0.2) is 0 Å². The van der Waals surface area contributed by atoms with Crippen molar-refractivity contribution >= 4 is 11.8 Å². The van der Waals surface area contributed by atoms with Gasteiger partial charge < -0.3 is 10.2 Å². The average molecular weight is 374 g/mol. The predicted octanol–water partition coefficient (Wildman–Crippen LogP) is 3.05. The van der Waals surface area contributed by atoms with Gasteiger partial charge in [0, 0.05) is 51.1 Å². The molecule has 1 fully saturated rings. The third-order valence-electron chi connectivity index (χ3n) is 5.11. The molecule has 1 aliphatic heterocycles. The van der Waals surface area contributed by atoms with Gasteiger partial charge >= 0.3 is 0 Å². The maximum atomic E-state index is 12.3. The Balaban J connectivity index is 1.70. The number of amides is 2. The van der Waals surface area contributed by atoms with Crippen molar-refractivity contribution in [2.24, 2.45) is 5.92 Å². The molecule has 1 heterocycles. The van der Waals surface area contributed by atoms with Gasteiger partial charge in [0.15, 0.2) is 0 Å². The van der Waals surface area contributed by atoms with Crippen LogP contribution in [0.2, 0.25) is 0 Å². The molecule has 1 aromatic rings. The van der Waals surface area contributed by atoms with Crippen LogP contribution < -0.4 is 5.32 Å². The summed E-state index contributed by atoms with van der Waals surface area (Å²) in [6, 6.07) is 10.8. The SMILES string of the molecule is CCCN(CCC(=O)NC1CCN(Cc2ccccc2)CC1)C(=O)C(C)C. The number of hydrogen-bond acceptors (Lipinski definition) is 3. The third-order valence-corrected chi connectivity index (χ3v) is 5.11. The van der Waals surface area contributed by atoms with Crippen molar-refractivity contribution in [3.05, 3.63) is 35.9 Å². The molecule has 2 amide bonds. The summed E-state index contributed by atoms with van der Waals surface area (Å²) < 4.78 is 0. The van der Waals surface area contributed by atoms with Crippen molar-refractivity contribution in [2.75, 3.05) is 26.2 Å². The van der Waals surface area contributed by atoms with Crippen LogP contribution in [0.3, 0.4) is 0 Å². The summed E-state index contributed by atoms with van der Waals surface area (Å²) in [4.78, 5) is 28.8. The van der Waals surface area contributed by atoms with E-state index in [1.807, 2.05) is 24.8 Å². The minimum absolute atomic E-state index is 0.0199. The molecule has 0 bridgehead atoms. The summed E-state index contributed by atoms with van der Waals surface area (Å²) >= 11 is 0. The van der Waals surface area contributed by atoms with Gasteiger partial charge in [-0.2, -0.15) is 0 Å². The molecule has 5 nitrogen and oxygen atoms in total. The quantitative estimate of drug-likeness (QED) is 0.724.